The number of halogens is 1. The zero-order valence-electron chi connectivity index (χ0n) is 6.16. The van der Waals surface area contributed by atoms with Crippen LogP contribution in [0.25, 0.3) is 11.4 Å². The molecule has 2 rings (SSSR count). The van der Waals surface area contributed by atoms with Crippen molar-refractivity contribution < 1.29 is 4.39 Å². The van der Waals surface area contributed by atoms with Crippen molar-refractivity contribution in [3.8, 4) is 11.4 Å². The summed E-state index contributed by atoms with van der Waals surface area (Å²) >= 11 is 0. The van der Waals surface area contributed by atoms with Crippen LogP contribution in [-0.4, -0.2) is 15.2 Å². The summed E-state index contributed by atoms with van der Waals surface area (Å²) in [6.07, 6.45) is 1.39. The molecule has 60 valence electrons. The fourth-order valence-electron chi connectivity index (χ4n) is 0.980. The van der Waals surface area contributed by atoms with Gasteiger partial charge in [-0.1, -0.05) is 12.1 Å². The molecule has 1 aromatic carbocycles. The normalized spacial score (nSPS) is 10.1. The Kier molecular flexibility index (Phi) is 1.59. The molecular weight excluding hydrogens is 157 g/mol. The lowest BCUT2D eigenvalue weighted by Crippen LogP contribution is -1.81. The van der Waals surface area contributed by atoms with E-state index in [1.54, 1.807) is 12.1 Å². The predicted octanol–water partition coefficient (Wildman–Crippen LogP) is 1.61. The molecule has 12 heavy (non-hydrogen) atoms. The van der Waals surface area contributed by atoms with E-state index in [9.17, 15) is 4.39 Å². The van der Waals surface area contributed by atoms with E-state index in [2.05, 4.69) is 15.2 Å². The van der Waals surface area contributed by atoms with E-state index in [0.29, 0.717) is 11.4 Å². The maximum Gasteiger partial charge on any atom is 0.155 e. The molecule has 0 aliphatic carbocycles. The predicted molar refractivity (Wildman–Crippen MR) is 41.8 cm³/mol. The molecule has 4 heteroatoms. The van der Waals surface area contributed by atoms with Crippen molar-refractivity contribution in [1.29, 1.82) is 0 Å². The third-order valence-corrected chi connectivity index (χ3v) is 1.51. The number of benzene rings is 1. The van der Waals surface area contributed by atoms with Crippen LogP contribution < -0.4 is 0 Å². The monoisotopic (exact) mass is 163 g/mol. The second-order valence-electron chi connectivity index (χ2n) is 2.34. The molecule has 1 N–H and O–H groups in total. The molecule has 0 saturated carbocycles. The lowest BCUT2D eigenvalue weighted by molar-refractivity contribution is 0.628. The second-order valence-corrected chi connectivity index (χ2v) is 2.34. The van der Waals surface area contributed by atoms with Gasteiger partial charge >= 0.3 is 0 Å². The van der Waals surface area contributed by atoms with Crippen molar-refractivity contribution in [3.63, 3.8) is 0 Å². The van der Waals surface area contributed by atoms with Crippen LogP contribution in [0.15, 0.2) is 30.6 Å². The zero-order valence-corrected chi connectivity index (χ0v) is 6.16. The summed E-state index contributed by atoms with van der Waals surface area (Å²) in [5.74, 6) is 0.304. The van der Waals surface area contributed by atoms with Gasteiger partial charge in [-0.25, -0.2) is 9.37 Å². The van der Waals surface area contributed by atoms with Gasteiger partial charge in [0.15, 0.2) is 5.82 Å². The van der Waals surface area contributed by atoms with E-state index >= 15 is 0 Å². The minimum absolute atomic E-state index is 0.274. The average molecular weight is 163 g/mol. The molecule has 0 amide bonds. The van der Waals surface area contributed by atoms with Crippen molar-refractivity contribution in [2.24, 2.45) is 0 Å². The Bertz CT molecular complexity index is 370. The van der Waals surface area contributed by atoms with Gasteiger partial charge in [-0.2, -0.15) is 5.10 Å². The summed E-state index contributed by atoms with van der Waals surface area (Å²) < 4.78 is 12.7. The van der Waals surface area contributed by atoms with Crippen LogP contribution in [0.1, 0.15) is 0 Å². The Morgan fingerprint density at radius 1 is 1.33 bits per heavy atom. The number of aromatic amines is 1. The van der Waals surface area contributed by atoms with Crippen LogP contribution in [0.5, 0.6) is 0 Å². The number of aromatic nitrogens is 3. The first kappa shape index (κ1) is 6.97. The van der Waals surface area contributed by atoms with Gasteiger partial charge in [0.25, 0.3) is 0 Å². The summed E-state index contributed by atoms with van der Waals surface area (Å²) in [7, 11) is 0. The zero-order chi connectivity index (χ0) is 8.39. The highest BCUT2D eigenvalue weighted by atomic mass is 19.1. The largest absolute Gasteiger partial charge is 0.259 e. The molecule has 0 aliphatic heterocycles. The number of H-pyrrole nitrogens is 1. The first-order chi connectivity index (χ1) is 5.86. The summed E-state index contributed by atoms with van der Waals surface area (Å²) in [5.41, 5.74) is 0.701. The molecule has 1 aromatic heterocycles. The SMILES string of the molecule is Fc1cccc(-c2ncn[nH]2)c1. The molecule has 1 heterocycles. The van der Waals surface area contributed by atoms with Crippen molar-refractivity contribution >= 4 is 0 Å². The first-order valence-corrected chi connectivity index (χ1v) is 3.47. The van der Waals surface area contributed by atoms with Crippen LogP contribution in [0.2, 0.25) is 0 Å². The summed E-state index contributed by atoms with van der Waals surface area (Å²) in [4.78, 5) is 3.89. The summed E-state index contributed by atoms with van der Waals surface area (Å²) in [6.45, 7) is 0. The van der Waals surface area contributed by atoms with Crippen LogP contribution >= 0.6 is 0 Å². The van der Waals surface area contributed by atoms with E-state index in [1.807, 2.05) is 0 Å². The lowest BCUT2D eigenvalue weighted by atomic mass is 10.2. The molecule has 0 atom stereocenters. The van der Waals surface area contributed by atoms with Gasteiger partial charge in [-0.15, -0.1) is 0 Å². The number of hydrogen-bond acceptors (Lipinski definition) is 2. The minimum Gasteiger partial charge on any atom is -0.259 e. The van der Waals surface area contributed by atoms with Crippen LogP contribution in [0, 0.1) is 5.82 Å². The Hall–Kier alpha value is -1.71. The molecule has 0 unspecified atom stereocenters. The first-order valence-electron chi connectivity index (χ1n) is 3.47. The van der Waals surface area contributed by atoms with Gasteiger partial charge in [0.05, 0.1) is 0 Å². The fraction of sp³-hybridized carbons (Fsp3) is 0. The van der Waals surface area contributed by atoms with E-state index in [1.165, 1.54) is 18.5 Å². The van der Waals surface area contributed by atoms with Gasteiger partial charge < -0.3 is 0 Å². The maximum atomic E-state index is 12.7. The number of nitrogens with zero attached hydrogens (tertiary/aromatic N) is 2. The summed E-state index contributed by atoms with van der Waals surface area (Å²) in [6, 6.07) is 6.19. The fourth-order valence-corrected chi connectivity index (χ4v) is 0.980. The molecule has 0 radical (unpaired) electrons. The van der Waals surface area contributed by atoms with Crippen molar-refractivity contribution in [1.82, 2.24) is 15.2 Å². The number of nitrogens with one attached hydrogen (secondary N) is 1. The number of rotatable bonds is 1. The van der Waals surface area contributed by atoms with Gasteiger partial charge in [0.2, 0.25) is 0 Å². The molecule has 3 nitrogen and oxygen atoms in total. The van der Waals surface area contributed by atoms with Crippen LogP contribution in [0.4, 0.5) is 4.39 Å². The van der Waals surface area contributed by atoms with Crippen molar-refractivity contribution in [3.05, 3.63) is 36.4 Å². The molecule has 0 aliphatic rings. The van der Waals surface area contributed by atoms with Crippen molar-refractivity contribution in [2.75, 3.05) is 0 Å². The van der Waals surface area contributed by atoms with Crippen molar-refractivity contribution in [2.45, 2.75) is 0 Å². The van der Waals surface area contributed by atoms with Crippen LogP contribution in [0.3, 0.4) is 0 Å². The topological polar surface area (TPSA) is 41.6 Å². The maximum absolute atomic E-state index is 12.7. The van der Waals surface area contributed by atoms with E-state index in [0.717, 1.165) is 0 Å². The van der Waals surface area contributed by atoms with E-state index in [-0.39, 0.29) is 5.82 Å². The Morgan fingerprint density at radius 3 is 2.92 bits per heavy atom. The van der Waals surface area contributed by atoms with E-state index < -0.39 is 0 Å². The highest BCUT2D eigenvalue weighted by Gasteiger charge is 1.99. The molecule has 0 fully saturated rings. The molecular formula is C8H6FN3. The highest BCUT2D eigenvalue weighted by molar-refractivity contribution is 5.53. The lowest BCUT2D eigenvalue weighted by Gasteiger charge is -1.94. The average Bonchev–Trinajstić information content (AvgIpc) is 2.56. The number of hydrogen-bond donors (Lipinski definition) is 1. The smallest absolute Gasteiger partial charge is 0.155 e. The van der Waals surface area contributed by atoms with Gasteiger partial charge in [-0.3, -0.25) is 5.10 Å². The summed E-state index contributed by atoms with van der Waals surface area (Å²) in [5, 5.41) is 6.32. The Morgan fingerprint density at radius 2 is 2.25 bits per heavy atom. The standard InChI is InChI=1S/C8H6FN3/c9-7-3-1-2-6(4-7)8-10-5-11-12-8/h1-5H,(H,10,11,12). The highest BCUT2D eigenvalue weighted by Crippen LogP contribution is 2.13. The van der Waals surface area contributed by atoms with E-state index in [4.69, 9.17) is 0 Å². The molecule has 2 aromatic rings. The Balaban J connectivity index is 2.48. The van der Waals surface area contributed by atoms with Gasteiger partial charge in [0.1, 0.15) is 12.1 Å². The van der Waals surface area contributed by atoms with Gasteiger partial charge in [0, 0.05) is 5.56 Å². The Labute approximate surface area is 68.3 Å². The second kappa shape index (κ2) is 2.73. The quantitative estimate of drug-likeness (QED) is 0.693. The molecule has 0 spiro atoms. The molecule has 0 saturated heterocycles. The minimum atomic E-state index is -0.274. The van der Waals surface area contributed by atoms with Crippen LogP contribution in [-0.2, 0) is 0 Å². The molecule has 0 bridgehead atoms. The third kappa shape index (κ3) is 1.18. The third-order valence-electron chi connectivity index (χ3n) is 1.51. The van der Waals surface area contributed by atoms with Gasteiger partial charge in [-0.05, 0) is 12.1 Å².